The van der Waals surface area contributed by atoms with Crippen molar-refractivity contribution in [3.63, 3.8) is 0 Å². The van der Waals surface area contributed by atoms with E-state index in [0.717, 1.165) is 39.1 Å². The van der Waals surface area contributed by atoms with E-state index in [9.17, 15) is 4.79 Å². The number of aromatic nitrogens is 1. The number of nitrogens with zero attached hydrogens (tertiary/aromatic N) is 1. The van der Waals surface area contributed by atoms with Gasteiger partial charge in [0.1, 0.15) is 10.6 Å². The van der Waals surface area contributed by atoms with Crippen LogP contribution in [0, 0.1) is 0 Å². The number of esters is 1. The molecule has 0 amide bonds. The van der Waals surface area contributed by atoms with E-state index in [1.54, 1.807) is 11.3 Å². The number of rotatable bonds is 2. The fourth-order valence-corrected chi connectivity index (χ4v) is 6.55. The highest BCUT2D eigenvalue weighted by Crippen LogP contribution is 2.54. The third-order valence-corrected chi connectivity index (χ3v) is 7.76. The molecule has 6 heteroatoms. The lowest BCUT2D eigenvalue weighted by Crippen LogP contribution is -2.44. The lowest BCUT2D eigenvalue weighted by Gasteiger charge is -2.43. The molecule has 0 radical (unpaired) electrons. The number of hydrogen-bond donors (Lipinski definition) is 0. The molecule has 1 aromatic heterocycles. The number of thiazole rings is 1. The lowest BCUT2D eigenvalue weighted by molar-refractivity contribution is -0.150. The first-order chi connectivity index (χ1) is 11.9. The van der Waals surface area contributed by atoms with Gasteiger partial charge in [0, 0.05) is 22.4 Å². The molecule has 132 valence electrons. The maximum absolute atomic E-state index is 12.2. The maximum atomic E-state index is 12.2. The average Bonchev–Trinajstić information content (AvgIpc) is 3.12. The number of benzene rings is 1. The van der Waals surface area contributed by atoms with E-state index in [1.807, 2.05) is 42.2 Å². The van der Waals surface area contributed by atoms with Gasteiger partial charge < -0.3 is 4.74 Å². The van der Waals surface area contributed by atoms with Gasteiger partial charge in [-0.25, -0.2) is 4.98 Å². The number of hydrogen-bond acceptors (Lipinski definition) is 5. The number of ether oxygens (including phenoxy) is 1. The van der Waals surface area contributed by atoms with Crippen LogP contribution in [-0.4, -0.2) is 27.1 Å². The first kappa shape index (κ1) is 17.4. The van der Waals surface area contributed by atoms with Gasteiger partial charge in [0.15, 0.2) is 0 Å². The Kier molecular flexibility index (Phi) is 4.37. The number of carbonyl (C=O) groups excluding carboxylic acids is 1. The Bertz CT molecular complexity index is 802. The molecule has 0 saturated carbocycles. The van der Waals surface area contributed by atoms with Crippen molar-refractivity contribution in [1.82, 2.24) is 4.98 Å². The molecule has 1 spiro atoms. The summed E-state index contributed by atoms with van der Waals surface area (Å²) in [7, 11) is 0. The molecule has 2 aliphatic heterocycles. The van der Waals surface area contributed by atoms with Gasteiger partial charge in [0.2, 0.25) is 0 Å². The molecule has 3 heterocycles. The van der Waals surface area contributed by atoms with E-state index in [2.05, 4.69) is 18.8 Å². The van der Waals surface area contributed by atoms with Crippen molar-refractivity contribution in [2.75, 3.05) is 5.75 Å². The van der Waals surface area contributed by atoms with E-state index in [1.165, 1.54) is 0 Å². The Morgan fingerprint density at radius 3 is 2.76 bits per heavy atom. The summed E-state index contributed by atoms with van der Waals surface area (Å²) in [4.78, 5) is 17.9. The van der Waals surface area contributed by atoms with Gasteiger partial charge in [0.05, 0.1) is 17.2 Å². The predicted molar refractivity (Wildman–Crippen MR) is 105 cm³/mol. The topological polar surface area (TPSA) is 39.2 Å². The van der Waals surface area contributed by atoms with Gasteiger partial charge in [-0.2, -0.15) is 11.8 Å². The highest BCUT2D eigenvalue weighted by atomic mass is 35.5. The molecule has 2 saturated heterocycles. The van der Waals surface area contributed by atoms with Crippen molar-refractivity contribution in [1.29, 1.82) is 0 Å². The SMILES string of the molecule is CC1(C)C[C@]2(CCS1)OC(=O)C[C@@H]2c1ncc(-c2ccc(Cl)cc2)s1. The van der Waals surface area contributed by atoms with Crippen LogP contribution in [0.1, 0.15) is 44.0 Å². The smallest absolute Gasteiger partial charge is 0.307 e. The minimum Gasteiger partial charge on any atom is -0.458 e. The summed E-state index contributed by atoms with van der Waals surface area (Å²) in [6, 6.07) is 7.79. The van der Waals surface area contributed by atoms with Gasteiger partial charge in [-0.3, -0.25) is 4.79 Å². The molecule has 3 nitrogen and oxygen atoms in total. The normalized spacial score (nSPS) is 28.3. The summed E-state index contributed by atoms with van der Waals surface area (Å²) in [6.45, 7) is 4.48. The van der Waals surface area contributed by atoms with Crippen LogP contribution in [0.3, 0.4) is 0 Å². The van der Waals surface area contributed by atoms with Gasteiger partial charge >= 0.3 is 5.97 Å². The van der Waals surface area contributed by atoms with Gasteiger partial charge in [0.25, 0.3) is 0 Å². The number of carbonyl (C=O) groups is 1. The molecule has 2 atom stereocenters. The first-order valence-electron chi connectivity index (χ1n) is 8.44. The molecular formula is C19H20ClNO2S2. The molecular weight excluding hydrogens is 374 g/mol. The number of thioether (sulfide) groups is 1. The van der Waals surface area contributed by atoms with E-state index >= 15 is 0 Å². The van der Waals surface area contributed by atoms with Crippen LogP contribution in [0.5, 0.6) is 0 Å². The van der Waals surface area contributed by atoms with Crippen molar-refractivity contribution in [2.45, 2.75) is 49.4 Å². The molecule has 2 aromatic rings. The standard InChI is InChI=1S/C19H20ClNO2S2/c1-18(2)11-19(7-8-24-18)14(9-16(22)23-19)17-21-10-15(25-17)12-3-5-13(20)6-4-12/h3-6,10,14H,7-9,11H2,1-2H3/t14-,19+/m1/s1. The second kappa shape index (κ2) is 6.29. The van der Waals surface area contributed by atoms with E-state index in [-0.39, 0.29) is 22.2 Å². The van der Waals surface area contributed by atoms with Crippen molar-refractivity contribution >= 4 is 40.7 Å². The third-order valence-electron chi connectivity index (χ3n) is 5.02. The molecule has 0 unspecified atom stereocenters. The lowest BCUT2D eigenvalue weighted by atomic mass is 9.78. The van der Waals surface area contributed by atoms with Crippen LogP contribution in [0.4, 0.5) is 0 Å². The van der Waals surface area contributed by atoms with Crippen LogP contribution in [0.2, 0.25) is 5.02 Å². The zero-order chi connectivity index (χ0) is 17.7. The Morgan fingerprint density at radius 2 is 2.04 bits per heavy atom. The van der Waals surface area contributed by atoms with Crippen molar-refractivity contribution in [2.24, 2.45) is 0 Å². The molecule has 1 aromatic carbocycles. The molecule has 25 heavy (non-hydrogen) atoms. The van der Waals surface area contributed by atoms with E-state index in [0.29, 0.717) is 6.42 Å². The zero-order valence-corrected chi connectivity index (χ0v) is 16.6. The molecule has 4 rings (SSSR count). The molecule has 0 N–H and O–H groups in total. The van der Waals surface area contributed by atoms with E-state index < -0.39 is 0 Å². The summed E-state index contributed by atoms with van der Waals surface area (Å²) in [5.41, 5.74) is 0.716. The molecule has 2 aliphatic rings. The van der Waals surface area contributed by atoms with Crippen molar-refractivity contribution < 1.29 is 9.53 Å². The molecule has 0 bridgehead atoms. The van der Waals surface area contributed by atoms with Gasteiger partial charge in [-0.15, -0.1) is 11.3 Å². The van der Waals surface area contributed by atoms with Crippen LogP contribution >= 0.6 is 34.7 Å². The second-order valence-corrected chi connectivity index (χ2v) is 10.7. The summed E-state index contributed by atoms with van der Waals surface area (Å²) in [5.74, 6) is 0.994. The largest absolute Gasteiger partial charge is 0.458 e. The second-order valence-electron chi connectivity index (χ2n) is 7.40. The summed E-state index contributed by atoms with van der Waals surface area (Å²) < 4.78 is 6.04. The molecule has 2 fully saturated rings. The monoisotopic (exact) mass is 393 g/mol. The van der Waals surface area contributed by atoms with Crippen LogP contribution in [0.25, 0.3) is 10.4 Å². The highest BCUT2D eigenvalue weighted by Gasteiger charge is 2.55. The van der Waals surface area contributed by atoms with Crippen molar-refractivity contribution in [3.05, 3.63) is 40.5 Å². The third kappa shape index (κ3) is 3.34. The Hall–Kier alpha value is -1.04. The summed E-state index contributed by atoms with van der Waals surface area (Å²) in [6.07, 6.45) is 4.14. The minimum atomic E-state index is -0.388. The highest BCUT2D eigenvalue weighted by molar-refractivity contribution is 8.00. The summed E-state index contributed by atoms with van der Waals surface area (Å²) >= 11 is 9.61. The summed E-state index contributed by atoms with van der Waals surface area (Å²) in [5, 5.41) is 1.74. The average molecular weight is 394 g/mol. The fraction of sp³-hybridized carbons (Fsp3) is 0.474. The van der Waals surface area contributed by atoms with Crippen LogP contribution in [0.15, 0.2) is 30.5 Å². The zero-order valence-electron chi connectivity index (χ0n) is 14.3. The molecule has 0 aliphatic carbocycles. The predicted octanol–water partition coefficient (Wildman–Crippen LogP) is 5.54. The van der Waals surface area contributed by atoms with E-state index in [4.69, 9.17) is 16.3 Å². The van der Waals surface area contributed by atoms with Gasteiger partial charge in [-0.05, 0) is 29.9 Å². The van der Waals surface area contributed by atoms with Crippen LogP contribution < -0.4 is 0 Å². The fourth-order valence-electron chi connectivity index (χ4n) is 3.95. The first-order valence-corrected chi connectivity index (χ1v) is 10.6. The number of halogens is 1. The minimum absolute atomic E-state index is 0.0613. The maximum Gasteiger partial charge on any atom is 0.307 e. The quantitative estimate of drug-likeness (QED) is 0.628. The van der Waals surface area contributed by atoms with Crippen molar-refractivity contribution in [3.8, 4) is 10.4 Å². The Balaban J connectivity index is 1.66. The van der Waals surface area contributed by atoms with Crippen LogP contribution in [-0.2, 0) is 9.53 Å². The Morgan fingerprint density at radius 1 is 1.28 bits per heavy atom. The Labute approximate surface area is 161 Å². The van der Waals surface area contributed by atoms with Gasteiger partial charge in [-0.1, -0.05) is 37.6 Å².